The van der Waals surface area contributed by atoms with E-state index in [1.165, 1.54) is 6.92 Å². The summed E-state index contributed by atoms with van der Waals surface area (Å²) in [7, 11) is 0. The molecule has 1 saturated carbocycles. The molecule has 2 N–H and O–H groups in total. The van der Waals surface area contributed by atoms with Gasteiger partial charge in [-0.2, -0.15) is 13.2 Å². The van der Waals surface area contributed by atoms with Crippen molar-refractivity contribution in [3.63, 3.8) is 0 Å². The molecule has 4 rings (SSSR count). The second kappa shape index (κ2) is 9.08. The standard InChI is InChI=1S/C21H20BrF4N5O3/c1-9-14(23)5-15(31(9)20(33)34)18(32)27-8-12-4-13(16(22)17(30-12)10-2-3-10)11-6-28-19(29-7-11)21(24,25)26/h4,6-7,9-10,14-15H,2-3,5,8H2,1H3,(H,27,32)(H,33,34)/t9-,14+,15-/m0/s1. The van der Waals surface area contributed by atoms with Crippen molar-refractivity contribution in [3.05, 3.63) is 40.1 Å². The molecule has 0 aromatic carbocycles. The van der Waals surface area contributed by atoms with Crippen LogP contribution in [0.15, 0.2) is 22.9 Å². The van der Waals surface area contributed by atoms with Crippen LogP contribution in [0.5, 0.6) is 0 Å². The number of nitrogens with zero attached hydrogens (tertiary/aromatic N) is 4. The molecule has 0 unspecified atom stereocenters. The molecular weight excluding hydrogens is 526 g/mol. The van der Waals surface area contributed by atoms with E-state index in [1.54, 1.807) is 6.07 Å². The summed E-state index contributed by atoms with van der Waals surface area (Å²) in [6.07, 6.45) is -3.80. The maximum atomic E-state index is 14.1. The van der Waals surface area contributed by atoms with Gasteiger partial charge in [-0.1, -0.05) is 0 Å². The van der Waals surface area contributed by atoms with Crippen LogP contribution in [0.1, 0.15) is 49.3 Å². The van der Waals surface area contributed by atoms with Gasteiger partial charge in [0.2, 0.25) is 11.7 Å². The number of pyridine rings is 1. The fourth-order valence-electron chi connectivity index (χ4n) is 3.96. The highest BCUT2D eigenvalue weighted by molar-refractivity contribution is 9.10. The Morgan fingerprint density at radius 1 is 1.26 bits per heavy atom. The van der Waals surface area contributed by atoms with E-state index >= 15 is 0 Å². The van der Waals surface area contributed by atoms with Gasteiger partial charge < -0.3 is 10.4 Å². The third kappa shape index (κ3) is 4.84. The van der Waals surface area contributed by atoms with Gasteiger partial charge in [0, 0.05) is 40.3 Å². The van der Waals surface area contributed by atoms with E-state index in [0.29, 0.717) is 27.0 Å². The molecule has 182 valence electrons. The zero-order valence-corrected chi connectivity index (χ0v) is 19.4. The van der Waals surface area contributed by atoms with Crippen LogP contribution in [-0.2, 0) is 17.5 Å². The Hall–Kier alpha value is -2.83. The number of amides is 2. The van der Waals surface area contributed by atoms with E-state index in [-0.39, 0.29) is 18.9 Å². The second-order valence-corrected chi connectivity index (χ2v) is 9.14. The molecule has 3 heterocycles. The van der Waals surface area contributed by atoms with Crippen molar-refractivity contribution in [1.82, 2.24) is 25.2 Å². The van der Waals surface area contributed by atoms with Crippen LogP contribution < -0.4 is 5.32 Å². The zero-order valence-electron chi connectivity index (χ0n) is 17.8. The summed E-state index contributed by atoms with van der Waals surface area (Å²) >= 11 is 3.48. The average Bonchev–Trinajstić information content (AvgIpc) is 3.57. The Morgan fingerprint density at radius 2 is 1.91 bits per heavy atom. The maximum absolute atomic E-state index is 14.1. The lowest BCUT2D eigenvalue weighted by molar-refractivity contribution is -0.145. The molecule has 2 aliphatic rings. The van der Waals surface area contributed by atoms with Gasteiger partial charge in [-0.3, -0.25) is 14.7 Å². The van der Waals surface area contributed by atoms with E-state index in [1.807, 2.05) is 0 Å². The van der Waals surface area contributed by atoms with Crippen molar-refractivity contribution in [1.29, 1.82) is 0 Å². The fourth-order valence-corrected chi connectivity index (χ4v) is 4.72. The number of likely N-dealkylation sites (tertiary alicyclic amines) is 1. The Kier molecular flexibility index (Phi) is 6.49. The summed E-state index contributed by atoms with van der Waals surface area (Å²) in [5.41, 5.74) is 1.96. The molecule has 8 nitrogen and oxygen atoms in total. The first kappa shape index (κ1) is 24.3. The first-order valence-electron chi connectivity index (χ1n) is 10.5. The third-order valence-corrected chi connectivity index (χ3v) is 6.76. The predicted molar refractivity (Wildman–Crippen MR) is 114 cm³/mol. The molecule has 2 amide bonds. The Balaban J connectivity index is 1.58. The Labute approximate surface area is 199 Å². The van der Waals surface area contributed by atoms with Crippen molar-refractivity contribution in [3.8, 4) is 11.1 Å². The Morgan fingerprint density at radius 3 is 2.47 bits per heavy atom. The molecule has 13 heteroatoms. The quantitative estimate of drug-likeness (QED) is 0.542. The van der Waals surface area contributed by atoms with Crippen LogP contribution in [0.25, 0.3) is 11.1 Å². The highest BCUT2D eigenvalue weighted by Crippen LogP contribution is 2.45. The van der Waals surface area contributed by atoms with Gasteiger partial charge in [0.15, 0.2) is 0 Å². The molecule has 2 aromatic rings. The number of hydrogen-bond donors (Lipinski definition) is 2. The second-order valence-electron chi connectivity index (χ2n) is 8.34. The summed E-state index contributed by atoms with van der Waals surface area (Å²) in [6, 6.07) is -0.512. The van der Waals surface area contributed by atoms with Crippen LogP contribution in [0.4, 0.5) is 22.4 Å². The van der Waals surface area contributed by atoms with Crippen LogP contribution in [0.2, 0.25) is 0 Å². The van der Waals surface area contributed by atoms with E-state index in [0.717, 1.165) is 30.1 Å². The summed E-state index contributed by atoms with van der Waals surface area (Å²) in [5, 5.41) is 12.0. The first-order valence-corrected chi connectivity index (χ1v) is 11.3. The topological polar surface area (TPSA) is 108 Å². The lowest BCUT2D eigenvalue weighted by Gasteiger charge is -2.24. The number of carbonyl (C=O) groups is 2. The largest absolute Gasteiger partial charge is 0.465 e. The molecule has 2 fully saturated rings. The number of halogens is 5. The number of carbonyl (C=O) groups excluding carboxylic acids is 1. The summed E-state index contributed by atoms with van der Waals surface area (Å²) in [5.74, 6) is -1.73. The first-order chi connectivity index (χ1) is 16.0. The van der Waals surface area contributed by atoms with Crippen LogP contribution >= 0.6 is 15.9 Å². The van der Waals surface area contributed by atoms with E-state index < -0.39 is 42.3 Å². The highest BCUT2D eigenvalue weighted by atomic mass is 79.9. The smallest absolute Gasteiger partial charge is 0.451 e. The minimum atomic E-state index is -4.66. The summed E-state index contributed by atoms with van der Waals surface area (Å²) in [6.45, 7) is 1.33. The molecule has 2 aromatic heterocycles. The number of aromatic nitrogens is 3. The molecule has 0 radical (unpaired) electrons. The van der Waals surface area contributed by atoms with Crippen molar-refractivity contribution < 1.29 is 32.3 Å². The normalized spacial score (nSPS) is 22.6. The van der Waals surface area contributed by atoms with Crippen molar-refractivity contribution in [2.75, 3.05) is 0 Å². The van der Waals surface area contributed by atoms with Crippen molar-refractivity contribution >= 4 is 27.9 Å². The minimum Gasteiger partial charge on any atom is -0.465 e. The molecule has 1 aliphatic heterocycles. The minimum absolute atomic E-state index is 0.0738. The molecule has 0 bridgehead atoms. The van der Waals surface area contributed by atoms with Crippen LogP contribution in [-0.4, -0.2) is 55.2 Å². The van der Waals surface area contributed by atoms with Crippen molar-refractivity contribution in [2.24, 2.45) is 0 Å². The molecular formula is C21H20BrF4N5O3. The van der Waals surface area contributed by atoms with Gasteiger partial charge in [-0.15, -0.1) is 0 Å². The zero-order chi connectivity index (χ0) is 24.8. The van der Waals surface area contributed by atoms with Gasteiger partial charge in [0.25, 0.3) is 0 Å². The number of alkyl halides is 4. The number of nitrogens with one attached hydrogen (secondary N) is 1. The maximum Gasteiger partial charge on any atom is 0.451 e. The monoisotopic (exact) mass is 545 g/mol. The number of rotatable bonds is 5. The molecule has 1 aliphatic carbocycles. The van der Waals surface area contributed by atoms with Gasteiger partial charge >= 0.3 is 12.3 Å². The Bertz CT molecular complexity index is 1110. The lowest BCUT2D eigenvalue weighted by Crippen LogP contribution is -2.47. The van der Waals surface area contributed by atoms with E-state index in [2.05, 4.69) is 36.2 Å². The summed E-state index contributed by atoms with van der Waals surface area (Å²) < 4.78 is 53.1. The SMILES string of the molecule is C[C@H]1[C@H](F)C[C@@H](C(=O)NCc2cc(-c3cnc(C(F)(F)F)nc3)c(Br)c(C3CC3)n2)N1C(=O)O. The van der Waals surface area contributed by atoms with Crippen molar-refractivity contribution in [2.45, 2.75) is 63.1 Å². The van der Waals surface area contributed by atoms with Gasteiger partial charge in [-0.05, 0) is 41.8 Å². The highest BCUT2D eigenvalue weighted by Gasteiger charge is 2.45. The molecule has 0 spiro atoms. The number of hydrogen-bond acceptors (Lipinski definition) is 5. The van der Waals surface area contributed by atoms with E-state index in [9.17, 15) is 32.3 Å². The van der Waals surface area contributed by atoms with Gasteiger partial charge in [0.1, 0.15) is 12.2 Å². The van der Waals surface area contributed by atoms with Gasteiger partial charge in [-0.25, -0.2) is 19.2 Å². The van der Waals surface area contributed by atoms with Crippen LogP contribution in [0, 0.1) is 0 Å². The van der Waals surface area contributed by atoms with E-state index in [4.69, 9.17) is 0 Å². The average molecular weight is 546 g/mol. The van der Waals surface area contributed by atoms with Gasteiger partial charge in [0.05, 0.1) is 24.0 Å². The molecule has 34 heavy (non-hydrogen) atoms. The summed E-state index contributed by atoms with van der Waals surface area (Å²) in [4.78, 5) is 36.3. The lowest BCUT2D eigenvalue weighted by atomic mass is 10.1. The third-order valence-electron chi connectivity index (χ3n) is 5.93. The number of carboxylic acid groups (broad SMARTS) is 1. The molecule has 3 atom stereocenters. The molecule has 1 saturated heterocycles. The van der Waals surface area contributed by atoms with Crippen LogP contribution in [0.3, 0.4) is 0 Å². The fraction of sp³-hybridized carbons (Fsp3) is 0.476. The predicted octanol–water partition coefficient (Wildman–Crippen LogP) is 4.29.